The summed E-state index contributed by atoms with van der Waals surface area (Å²) in [6, 6.07) is 16.6. The second-order valence-electron chi connectivity index (χ2n) is 13.3. The molecular formula is C37H34FN7O4S. The molecule has 0 unspecified atom stereocenters. The lowest BCUT2D eigenvalue weighted by atomic mass is 9.73. The summed E-state index contributed by atoms with van der Waals surface area (Å²) in [5, 5.41) is 13.3. The molecule has 50 heavy (non-hydrogen) atoms. The van der Waals surface area contributed by atoms with Gasteiger partial charge in [-0.1, -0.05) is 5.21 Å². The molecule has 0 radical (unpaired) electrons. The predicted octanol–water partition coefficient (Wildman–Crippen LogP) is 5.99. The van der Waals surface area contributed by atoms with Crippen LogP contribution in [0.25, 0.3) is 10.4 Å². The molecule has 5 aromatic rings. The molecule has 8 rings (SSSR count). The monoisotopic (exact) mass is 691 g/mol. The number of hydrogen-bond donors (Lipinski definition) is 2. The first-order valence-electron chi connectivity index (χ1n) is 16.6. The van der Waals surface area contributed by atoms with E-state index in [1.54, 1.807) is 42.2 Å². The molecule has 3 aliphatic heterocycles. The molecule has 0 bridgehead atoms. The number of carbonyl (C=O) groups excluding carboxylic acids is 3. The number of halogens is 1. The Balaban J connectivity index is 1.00. The Hall–Kier alpha value is -5.27. The second-order valence-corrected chi connectivity index (χ2v) is 14.3. The Morgan fingerprint density at radius 2 is 1.78 bits per heavy atom. The molecule has 2 fully saturated rings. The van der Waals surface area contributed by atoms with Crippen molar-refractivity contribution >= 4 is 46.1 Å². The summed E-state index contributed by atoms with van der Waals surface area (Å²) in [6.45, 7) is 7.15. The van der Waals surface area contributed by atoms with E-state index in [2.05, 4.69) is 25.6 Å². The zero-order valence-electron chi connectivity index (χ0n) is 27.6. The van der Waals surface area contributed by atoms with Gasteiger partial charge in [0.05, 0.1) is 21.8 Å². The van der Waals surface area contributed by atoms with Crippen molar-refractivity contribution in [2.45, 2.75) is 33.1 Å². The Morgan fingerprint density at radius 3 is 2.52 bits per heavy atom. The number of rotatable bonds is 6. The fourth-order valence-electron chi connectivity index (χ4n) is 7.10. The lowest BCUT2D eigenvalue weighted by Gasteiger charge is -2.53. The maximum atomic E-state index is 14.7. The van der Waals surface area contributed by atoms with E-state index in [1.165, 1.54) is 23.5 Å². The summed E-state index contributed by atoms with van der Waals surface area (Å²) >= 11 is 1.30. The second kappa shape index (κ2) is 12.6. The Bertz CT molecular complexity index is 2150. The number of nitrogens with zero attached hydrogens (tertiary/aromatic N) is 5. The summed E-state index contributed by atoms with van der Waals surface area (Å²) in [7, 11) is 0. The van der Waals surface area contributed by atoms with Crippen molar-refractivity contribution in [3.8, 4) is 10.4 Å². The molecule has 0 atom stereocenters. The van der Waals surface area contributed by atoms with Gasteiger partial charge in [0.2, 0.25) is 5.78 Å². The fraction of sp³-hybridized carbons (Fsp3) is 0.297. The first-order chi connectivity index (χ1) is 24.2. The maximum Gasteiger partial charge on any atom is 0.259 e. The standard InChI is InChI=1S/C37H34FN7O4S/c1-21-3-9-28(34(39-21)44-19-37(20-44)12-15-49-16-13-37)35(47)40-26-7-4-23(5-8-26)36(48)45-14-11-24-17-30(32(46)31-22(2)41-43-42-31)50-33(24)27-10-6-25(38)18-29(27)45/h3-10,17-18H,11-16,19-20H2,1-2H3,(H,40,47)(H,41,42,43). The summed E-state index contributed by atoms with van der Waals surface area (Å²) in [4.78, 5) is 50.5. The summed E-state index contributed by atoms with van der Waals surface area (Å²) in [5.74, 6) is -0.587. The van der Waals surface area contributed by atoms with Gasteiger partial charge in [-0.25, -0.2) is 9.37 Å². The third-order valence-electron chi connectivity index (χ3n) is 9.88. The highest BCUT2D eigenvalue weighted by Gasteiger charge is 2.45. The number of fused-ring (bicyclic) bond motifs is 3. The van der Waals surface area contributed by atoms with Gasteiger partial charge in [-0.2, -0.15) is 0 Å². The van der Waals surface area contributed by atoms with Crippen LogP contribution in [0.15, 0.2) is 60.7 Å². The van der Waals surface area contributed by atoms with Crippen LogP contribution in [0.5, 0.6) is 0 Å². The predicted molar refractivity (Wildman–Crippen MR) is 188 cm³/mol. The average molecular weight is 692 g/mol. The van der Waals surface area contributed by atoms with E-state index < -0.39 is 5.82 Å². The molecule has 254 valence electrons. The molecule has 2 saturated heterocycles. The maximum absolute atomic E-state index is 14.7. The number of carbonyl (C=O) groups is 3. The Morgan fingerprint density at radius 1 is 1.00 bits per heavy atom. The van der Waals surface area contributed by atoms with E-state index in [-0.39, 0.29) is 29.6 Å². The van der Waals surface area contributed by atoms with E-state index in [4.69, 9.17) is 9.72 Å². The van der Waals surface area contributed by atoms with Gasteiger partial charge >= 0.3 is 0 Å². The third kappa shape index (κ3) is 5.75. The van der Waals surface area contributed by atoms with Crippen LogP contribution in [0.3, 0.4) is 0 Å². The number of amides is 2. The molecule has 2 aromatic carbocycles. The molecule has 13 heteroatoms. The van der Waals surface area contributed by atoms with E-state index in [0.29, 0.717) is 56.6 Å². The van der Waals surface area contributed by atoms with Crippen molar-refractivity contribution in [1.29, 1.82) is 0 Å². The van der Waals surface area contributed by atoms with Crippen molar-refractivity contribution in [2.75, 3.05) is 48.0 Å². The first-order valence-corrected chi connectivity index (χ1v) is 17.4. The van der Waals surface area contributed by atoms with Gasteiger partial charge < -0.3 is 19.9 Å². The Labute approximate surface area is 291 Å². The van der Waals surface area contributed by atoms with Crippen LogP contribution in [-0.4, -0.2) is 70.8 Å². The SMILES string of the molecule is Cc1ccc(C(=O)Nc2ccc(C(=O)N3CCc4cc(C(=O)c5[nH]nnc5C)sc4-c4ccc(F)cc43)cc2)c(N2CC3(CCOCC3)C2)n1. The molecule has 0 aliphatic carbocycles. The number of H-pyrrole nitrogens is 1. The minimum Gasteiger partial charge on any atom is -0.381 e. The molecule has 3 aliphatic rings. The van der Waals surface area contributed by atoms with Gasteiger partial charge in [0.25, 0.3) is 11.8 Å². The zero-order valence-corrected chi connectivity index (χ0v) is 28.4. The highest BCUT2D eigenvalue weighted by Crippen LogP contribution is 2.44. The van der Waals surface area contributed by atoms with Crippen LogP contribution < -0.4 is 15.1 Å². The molecule has 11 nitrogen and oxygen atoms in total. The van der Waals surface area contributed by atoms with Crippen LogP contribution in [0, 0.1) is 25.1 Å². The van der Waals surface area contributed by atoms with E-state index >= 15 is 0 Å². The van der Waals surface area contributed by atoms with Crippen molar-refractivity contribution in [3.63, 3.8) is 0 Å². The number of anilines is 3. The number of aryl methyl sites for hydroxylation is 2. The third-order valence-corrected chi connectivity index (χ3v) is 11.1. The lowest BCUT2D eigenvalue weighted by molar-refractivity contribution is -0.000519. The summed E-state index contributed by atoms with van der Waals surface area (Å²) in [5.41, 5.74) is 5.33. The molecule has 2 amide bonds. The minimum absolute atomic E-state index is 0.215. The molecule has 2 N–H and O–H groups in total. The number of nitrogens with one attached hydrogen (secondary N) is 2. The topological polar surface area (TPSA) is 133 Å². The highest BCUT2D eigenvalue weighted by atomic mass is 32.1. The normalized spacial score (nSPS) is 16.3. The van der Waals surface area contributed by atoms with Crippen LogP contribution in [0.4, 0.5) is 21.6 Å². The smallest absolute Gasteiger partial charge is 0.259 e. The lowest BCUT2D eigenvalue weighted by Crippen LogP contribution is -2.59. The molecule has 0 saturated carbocycles. The van der Waals surface area contributed by atoms with Crippen LogP contribution in [0.1, 0.15) is 65.9 Å². The minimum atomic E-state index is -0.471. The first kappa shape index (κ1) is 32.0. The van der Waals surface area contributed by atoms with Crippen molar-refractivity contribution in [2.24, 2.45) is 5.41 Å². The summed E-state index contributed by atoms with van der Waals surface area (Å²) < 4.78 is 20.2. The van der Waals surface area contributed by atoms with Crippen LogP contribution >= 0.6 is 11.3 Å². The number of hydrogen-bond acceptors (Lipinski definition) is 9. The number of benzene rings is 2. The fourth-order valence-corrected chi connectivity index (χ4v) is 8.29. The molecular weight excluding hydrogens is 658 g/mol. The van der Waals surface area contributed by atoms with Crippen molar-refractivity contribution in [1.82, 2.24) is 20.4 Å². The van der Waals surface area contributed by atoms with E-state index in [1.807, 2.05) is 25.1 Å². The van der Waals surface area contributed by atoms with E-state index in [0.717, 1.165) is 55.3 Å². The quantitative estimate of drug-likeness (QED) is 0.208. The number of aromatic nitrogens is 4. The molecule has 1 spiro atoms. The molecule has 3 aromatic heterocycles. The number of aromatic amines is 1. The van der Waals surface area contributed by atoms with Crippen molar-refractivity contribution in [3.05, 3.63) is 105 Å². The Kier molecular flexibility index (Phi) is 8.03. The highest BCUT2D eigenvalue weighted by molar-refractivity contribution is 7.17. The van der Waals surface area contributed by atoms with Gasteiger partial charge in [-0.05, 0) is 99.3 Å². The summed E-state index contributed by atoms with van der Waals surface area (Å²) in [6.07, 6.45) is 2.50. The number of pyridine rings is 1. The average Bonchev–Trinajstić information content (AvgIpc) is 3.70. The van der Waals surface area contributed by atoms with Gasteiger partial charge in [0.15, 0.2) is 0 Å². The number of ketones is 1. The van der Waals surface area contributed by atoms with Crippen LogP contribution in [-0.2, 0) is 11.2 Å². The largest absolute Gasteiger partial charge is 0.381 e. The number of ether oxygens (including phenoxy) is 1. The van der Waals surface area contributed by atoms with Crippen LogP contribution in [0.2, 0.25) is 0 Å². The van der Waals surface area contributed by atoms with Gasteiger partial charge in [-0.3, -0.25) is 19.5 Å². The molecule has 6 heterocycles. The van der Waals surface area contributed by atoms with Crippen molar-refractivity contribution < 1.29 is 23.5 Å². The van der Waals surface area contributed by atoms with E-state index in [9.17, 15) is 18.8 Å². The number of thiophene rings is 1. The van der Waals surface area contributed by atoms with Gasteiger partial charge in [-0.15, -0.1) is 16.4 Å². The van der Waals surface area contributed by atoms with Gasteiger partial charge in [0.1, 0.15) is 17.3 Å². The zero-order chi connectivity index (χ0) is 34.6. The van der Waals surface area contributed by atoms with Gasteiger partial charge in [0, 0.05) is 65.6 Å².